The van der Waals surface area contributed by atoms with Crippen LogP contribution >= 0.6 is 0 Å². The first-order valence-electron chi connectivity index (χ1n) is 7.38. The second-order valence-corrected chi connectivity index (χ2v) is 5.28. The Hall–Kier alpha value is -3.21. The third kappa shape index (κ3) is 2.60. The molecule has 0 unspecified atom stereocenters. The van der Waals surface area contributed by atoms with Crippen molar-refractivity contribution < 1.29 is 13.5 Å². The molecule has 4 rings (SSSR count). The third-order valence-corrected chi connectivity index (χ3v) is 3.65. The molecule has 0 atom stereocenters. The van der Waals surface area contributed by atoms with E-state index in [0.717, 1.165) is 28.7 Å². The fourth-order valence-electron chi connectivity index (χ4n) is 2.50. The van der Waals surface area contributed by atoms with E-state index in [1.165, 1.54) is 6.07 Å². The van der Waals surface area contributed by atoms with Gasteiger partial charge in [-0.1, -0.05) is 24.3 Å². The number of nitrogens with one attached hydrogen (secondary N) is 1. The predicted octanol–water partition coefficient (Wildman–Crippen LogP) is 5.30. The number of hydrogen-bond donors (Lipinski definition) is 1. The summed E-state index contributed by atoms with van der Waals surface area (Å²) < 4.78 is 32.2. The summed E-state index contributed by atoms with van der Waals surface area (Å²) in [6, 6.07) is 18.4. The molecule has 4 aromatic rings. The molecule has 3 aromatic carbocycles. The standard InChI is InChI=1S/C19H12F2N2O/c20-14-10-9-12(11-15(14)21)24-18-8-4-1-5-13(18)19-22-16-6-2-3-7-17(16)23-19/h1-11H,(H,22,23). The highest BCUT2D eigenvalue weighted by atomic mass is 19.2. The third-order valence-electron chi connectivity index (χ3n) is 3.65. The Morgan fingerprint density at radius 1 is 0.833 bits per heavy atom. The molecule has 0 amide bonds. The summed E-state index contributed by atoms with van der Waals surface area (Å²) in [5.41, 5.74) is 2.49. The summed E-state index contributed by atoms with van der Waals surface area (Å²) >= 11 is 0. The highest BCUT2D eigenvalue weighted by Crippen LogP contribution is 2.33. The molecular formula is C19H12F2N2O. The van der Waals surface area contributed by atoms with Gasteiger partial charge in [0.1, 0.15) is 17.3 Å². The van der Waals surface area contributed by atoms with E-state index >= 15 is 0 Å². The molecule has 0 aliphatic carbocycles. The van der Waals surface area contributed by atoms with Crippen LogP contribution in [0.1, 0.15) is 0 Å². The first-order valence-corrected chi connectivity index (χ1v) is 7.38. The molecule has 118 valence electrons. The topological polar surface area (TPSA) is 37.9 Å². The number of aromatic amines is 1. The van der Waals surface area contributed by atoms with Crippen LogP contribution in [0.5, 0.6) is 11.5 Å². The fourth-order valence-corrected chi connectivity index (χ4v) is 2.50. The number of hydrogen-bond acceptors (Lipinski definition) is 2. The van der Waals surface area contributed by atoms with Crippen molar-refractivity contribution in [2.45, 2.75) is 0 Å². The lowest BCUT2D eigenvalue weighted by atomic mass is 10.2. The van der Waals surface area contributed by atoms with Gasteiger partial charge in [-0.15, -0.1) is 0 Å². The number of fused-ring (bicyclic) bond motifs is 1. The van der Waals surface area contributed by atoms with Crippen LogP contribution < -0.4 is 4.74 Å². The highest BCUT2D eigenvalue weighted by molar-refractivity contribution is 5.80. The maximum atomic E-state index is 13.4. The van der Waals surface area contributed by atoms with Gasteiger partial charge in [0, 0.05) is 6.07 Å². The normalized spacial score (nSPS) is 10.9. The number of para-hydroxylation sites is 3. The van der Waals surface area contributed by atoms with E-state index in [2.05, 4.69) is 9.97 Å². The van der Waals surface area contributed by atoms with E-state index in [1.54, 1.807) is 12.1 Å². The van der Waals surface area contributed by atoms with Crippen molar-refractivity contribution in [3.63, 3.8) is 0 Å². The van der Waals surface area contributed by atoms with Crippen LogP contribution in [0.4, 0.5) is 8.78 Å². The van der Waals surface area contributed by atoms with E-state index in [0.29, 0.717) is 11.6 Å². The Kier molecular flexibility index (Phi) is 3.46. The van der Waals surface area contributed by atoms with E-state index in [9.17, 15) is 8.78 Å². The van der Waals surface area contributed by atoms with Gasteiger partial charge in [0.2, 0.25) is 0 Å². The van der Waals surface area contributed by atoms with E-state index in [4.69, 9.17) is 4.74 Å². The number of halogens is 2. The molecule has 1 N–H and O–H groups in total. The van der Waals surface area contributed by atoms with Gasteiger partial charge in [0.05, 0.1) is 16.6 Å². The largest absolute Gasteiger partial charge is 0.456 e. The van der Waals surface area contributed by atoms with Gasteiger partial charge in [0.15, 0.2) is 11.6 Å². The monoisotopic (exact) mass is 322 g/mol. The van der Waals surface area contributed by atoms with Crippen molar-refractivity contribution in [1.82, 2.24) is 9.97 Å². The molecule has 5 heteroatoms. The first kappa shape index (κ1) is 14.4. The Morgan fingerprint density at radius 2 is 1.62 bits per heavy atom. The Morgan fingerprint density at radius 3 is 2.46 bits per heavy atom. The minimum Gasteiger partial charge on any atom is -0.456 e. The maximum absolute atomic E-state index is 13.4. The highest BCUT2D eigenvalue weighted by Gasteiger charge is 2.12. The molecule has 0 spiro atoms. The minimum atomic E-state index is -0.950. The van der Waals surface area contributed by atoms with Crippen molar-refractivity contribution in [1.29, 1.82) is 0 Å². The zero-order chi connectivity index (χ0) is 16.5. The summed E-state index contributed by atoms with van der Waals surface area (Å²) in [4.78, 5) is 7.78. The van der Waals surface area contributed by atoms with E-state index in [1.807, 2.05) is 36.4 Å². The van der Waals surface area contributed by atoms with Crippen molar-refractivity contribution in [3.05, 3.63) is 78.4 Å². The molecule has 0 aliphatic heterocycles. The number of H-pyrrole nitrogens is 1. The fraction of sp³-hybridized carbons (Fsp3) is 0. The van der Waals surface area contributed by atoms with Gasteiger partial charge in [0.25, 0.3) is 0 Å². The van der Waals surface area contributed by atoms with Crippen LogP contribution in [0, 0.1) is 11.6 Å². The number of benzene rings is 3. The second-order valence-electron chi connectivity index (χ2n) is 5.28. The van der Waals surface area contributed by atoms with Crippen molar-refractivity contribution >= 4 is 11.0 Å². The summed E-state index contributed by atoms with van der Waals surface area (Å²) in [6.45, 7) is 0. The number of ether oxygens (including phenoxy) is 1. The minimum absolute atomic E-state index is 0.220. The molecule has 1 aromatic heterocycles. The lowest BCUT2D eigenvalue weighted by molar-refractivity contribution is 0.462. The Balaban J connectivity index is 1.75. The number of aromatic nitrogens is 2. The van der Waals surface area contributed by atoms with Gasteiger partial charge in [-0.05, 0) is 36.4 Å². The Labute approximate surface area is 136 Å². The lowest BCUT2D eigenvalue weighted by Crippen LogP contribution is -1.91. The average Bonchev–Trinajstić information content (AvgIpc) is 3.02. The molecule has 0 bridgehead atoms. The second kappa shape index (κ2) is 5.77. The lowest BCUT2D eigenvalue weighted by Gasteiger charge is -2.09. The van der Waals surface area contributed by atoms with Gasteiger partial charge in [-0.3, -0.25) is 0 Å². The molecule has 24 heavy (non-hydrogen) atoms. The smallest absolute Gasteiger partial charge is 0.162 e. The van der Waals surface area contributed by atoms with Gasteiger partial charge in [-0.25, -0.2) is 13.8 Å². The zero-order valence-electron chi connectivity index (χ0n) is 12.5. The van der Waals surface area contributed by atoms with Gasteiger partial charge >= 0.3 is 0 Å². The quantitative estimate of drug-likeness (QED) is 0.556. The van der Waals surface area contributed by atoms with Crippen molar-refractivity contribution in [3.8, 4) is 22.9 Å². The number of rotatable bonds is 3. The summed E-state index contributed by atoms with van der Waals surface area (Å²) in [7, 11) is 0. The molecule has 0 saturated heterocycles. The zero-order valence-corrected chi connectivity index (χ0v) is 12.5. The van der Waals surface area contributed by atoms with Crippen LogP contribution in [0.3, 0.4) is 0 Å². The summed E-state index contributed by atoms with van der Waals surface area (Å²) in [5.74, 6) is -0.490. The molecule has 0 aliphatic rings. The van der Waals surface area contributed by atoms with Crippen molar-refractivity contribution in [2.24, 2.45) is 0 Å². The molecule has 3 nitrogen and oxygen atoms in total. The number of nitrogens with zero attached hydrogens (tertiary/aromatic N) is 1. The van der Waals surface area contributed by atoms with E-state index < -0.39 is 11.6 Å². The van der Waals surface area contributed by atoms with Crippen molar-refractivity contribution in [2.75, 3.05) is 0 Å². The van der Waals surface area contributed by atoms with E-state index in [-0.39, 0.29) is 5.75 Å². The SMILES string of the molecule is Fc1ccc(Oc2ccccc2-c2nc3ccccc3[nH]2)cc1F. The summed E-state index contributed by atoms with van der Waals surface area (Å²) in [6.07, 6.45) is 0. The maximum Gasteiger partial charge on any atom is 0.162 e. The molecule has 0 fully saturated rings. The van der Waals surface area contributed by atoms with Crippen LogP contribution in [0.2, 0.25) is 0 Å². The van der Waals surface area contributed by atoms with Crippen LogP contribution in [-0.4, -0.2) is 9.97 Å². The van der Waals surface area contributed by atoms with Gasteiger partial charge in [-0.2, -0.15) is 0 Å². The van der Waals surface area contributed by atoms with Crippen LogP contribution in [-0.2, 0) is 0 Å². The molecule has 0 radical (unpaired) electrons. The van der Waals surface area contributed by atoms with Crippen LogP contribution in [0.25, 0.3) is 22.4 Å². The summed E-state index contributed by atoms with van der Waals surface area (Å²) in [5, 5.41) is 0. The first-order chi connectivity index (χ1) is 11.7. The average molecular weight is 322 g/mol. The van der Waals surface area contributed by atoms with Gasteiger partial charge < -0.3 is 9.72 Å². The molecule has 1 heterocycles. The molecule has 0 saturated carbocycles. The van der Waals surface area contributed by atoms with Crippen LogP contribution in [0.15, 0.2) is 66.7 Å². The Bertz CT molecular complexity index is 994. The predicted molar refractivity (Wildman–Crippen MR) is 88.0 cm³/mol. The molecular weight excluding hydrogens is 310 g/mol. The number of imidazole rings is 1.